The first kappa shape index (κ1) is 16.2. The van der Waals surface area contributed by atoms with Crippen molar-refractivity contribution in [2.75, 3.05) is 4.90 Å². The molecule has 1 aromatic heterocycles. The lowest BCUT2D eigenvalue weighted by Crippen LogP contribution is -2.50. The van der Waals surface area contributed by atoms with E-state index < -0.39 is 6.04 Å². The van der Waals surface area contributed by atoms with E-state index in [-0.39, 0.29) is 11.8 Å². The number of aryl methyl sites for hydroxylation is 3. The van der Waals surface area contributed by atoms with E-state index in [0.717, 1.165) is 11.3 Å². The van der Waals surface area contributed by atoms with E-state index in [4.69, 9.17) is 0 Å². The van der Waals surface area contributed by atoms with Gasteiger partial charge in [-0.25, -0.2) is 4.68 Å². The van der Waals surface area contributed by atoms with Crippen LogP contribution >= 0.6 is 0 Å². The number of carbonyl (C=O) groups is 2. The molecule has 24 heavy (non-hydrogen) atoms. The van der Waals surface area contributed by atoms with Gasteiger partial charge in [-0.05, 0) is 26.3 Å². The highest BCUT2D eigenvalue weighted by atomic mass is 16.2. The summed E-state index contributed by atoms with van der Waals surface area (Å²) in [6.45, 7) is 6.67. The third-order valence-corrected chi connectivity index (χ3v) is 4.29. The number of nitrogens with one attached hydrogen (secondary N) is 1. The summed E-state index contributed by atoms with van der Waals surface area (Å²) in [4.78, 5) is 26.4. The number of benzene rings is 1. The molecular formula is C18H22N4O2. The number of hydrogen-bond acceptors (Lipinski definition) is 3. The van der Waals surface area contributed by atoms with Crippen molar-refractivity contribution in [1.82, 2.24) is 15.1 Å². The van der Waals surface area contributed by atoms with E-state index in [1.165, 1.54) is 5.56 Å². The highest BCUT2D eigenvalue weighted by Crippen LogP contribution is 2.24. The smallest absolute Gasteiger partial charge is 0.243 e. The van der Waals surface area contributed by atoms with Crippen molar-refractivity contribution in [3.8, 4) is 0 Å². The standard InChI is InChI=1S/C18H22N4O2/c1-12-4-6-15(7-5-12)11-19-18(24)14(3)22-16-10-13(2)20-21(16)9-8-17(22)23/h4-7,10,14H,8-9,11H2,1-3H3,(H,19,24). The van der Waals surface area contributed by atoms with Crippen LogP contribution in [0, 0.1) is 13.8 Å². The van der Waals surface area contributed by atoms with Crippen LogP contribution in [0.5, 0.6) is 0 Å². The lowest BCUT2D eigenvalue weighted by molar-refractivity contribution is -0.126. The number of anilines is 1. The fourth-order valence-electron chi connectivity index (χ4n) is 2.91. The fraction of sp³-hybridized carbons (Fsp3) is 0.389. The molecule has 0 aliphatic carbocycles. The van der Waals surface area contributed by atoms with E-state index in [2.05, 4.69) is 10.4 Å². The monoisotopic (exact) mass is 326 g/mol. The first-order chi connectivity index (χ1) is 11.5. The Morgan fingerprint density at radius 1 is 1.29 bits per heavy atom. The molecule has 1 N–H and O–H groups in total. The van der Waals surface area contributed by atoms with Crippen LogP contribution in [0.2, 0.25) is 0 Å². The molecule has 0 spiro atoms. The van der Waals surface area contributed by atoms with Crippen molar-refractivity contribution in [3.63, 3.8) is 0 Å². The van der Waals surface area contributed by atoms with E-state index in [1.54, 1.807) is 16.5 Å². The van der Waals surface area contributed by atoms with Crippen molar-refractivity contribution in [2.45, 2.75) is 46.3 Å². The lowest BCUT2D eigenvalue weighted by Gasteiger charge is -2.31. The van der Waals surface area contributed by atoms with Gasteiger partial charge in [-0.2, -0.15) is 5.10 Å². The Morgan fingerprint density at radius 2 is 2.00 bits per heavy atom. The van der Waals surface area contributed by atoms with E-state index in [1.807, 2.05) is 44.2 Å². The summed E-state index contributed by atoms with van der Waals surface area (Å²) in [6, 6.07) is 9.29. The minimum absolute atomic E-state index is 0.0413. The van der Waals surface area contributed by atoms with E-state index in [0.29, 0.717) is 25.3 Å². The van der Waals surface area contributed by atoms with Gasteiger partial charge >= 0.3 is 0 Å². The highest BCUT2D eigenvalue weighted by molar-refractivity contribution is 6.00. The number of amides is 2. The number of fused-ring (bicyclic) bond motifs is 1. The van der Waals surface area contributed by atoms with Gasteiger partial charge in [-0.3, -0.25) is 14.5 Å². The number of nitrogens with zero attached hydrogens (tertiary/aromatic N) is 3. The third-order valence-electron chi connectivity index (χ3n) is 4.29. The molecule has 1 unspecified atom stereocenters. The topological polar surface area (TPSA) is 67.2 Å². The number of rotatable bonds is 4. The zero-order chi connectivity index (χ0) is 17.3. The predicted octanol–water partition coefficient (Wildman–Crippen LogP) is 1.94. The van der Waals surface area contributed by atoms with Crippen LogP contribution in [0.15, 0.2) is 30.3 Å². The summed E-state index contributed by atoms with van der Waals surface area (Å²) in [5, 5.41) is 7.28. The molecule has 1 aliphatic rings. The van der Waals surface area contributed by atoms with Gasteiger partial charge < -0.3 is 5.32 Å². The van der Waals surface area contributed by atoms with Crippen LogP contribution < -0.4 is 10.2 Å². The fourth-order valence-corrected chi connectivity index (χ4v) is 2.91. The first-order valence-electron chi connectivity index (χ1n) is 8.15. The van der Waals surface area contributed by atoms with Crippen LogP contribution in [0.25, 0.3) is 0 Å². The second kappa shape index (κ2) is 6.47. The Balaban J connectivity index is 1.71. The van der Waals surface area contributed by atoms with Crippen LogP contribution in [-0.4, -0.2) is 27.6 Å². The SMILES string of the molecule is Cc1ccc(CNC(=O)C(C)N2C(=O)CCn3nc(C)cc32)cc1. The molecule has 1 atom stereocenters. The summed E-state index contributed by atoms with van der Waals surface area (Å²) in [7, 11) is 0. The molecule has 0 radical (unpaired) electrons. The van der Waals surface area contributed by atoms with Gasteiger partial charge in [0, 0.05) is 19.0 Å². The van der Waals surface area contributed by atoms with Crippen LogP contribution in [-0.2, 0) is 22.7 Å². The quantitative estimate of drug-likeness (QED) is 0.934. The molecule has 2 amide bonds. The van der Waals surface area contributed by atoms with Crippen LogP contribution in [0.4, 0.5) is 5.82 Å². The van der Waals surface area contributed by atoms with Gasteiger partial charge in [-0.15, -0.1) is 0 Å². The lowest BCUT2D eigenvalue weighted by atomic mass is 10.1. The third kappa shape index (κ3) is 3.18. The molecule has 0 fully saturated rings. The highest BCUT2D eigenvalue weighted by Gasteiger charge is 2.32. The summed E-state index contributed by atoms with van der Waals surface area (Å²) < 4.78 is 1.79. The minimum Gasteiger partial charge on any atom is -0.350 e. The van der Waals surface area contributed by atoms with Crippen LogP contribution in [0.3, 0.4) is 0 Å². The maximum atomic E-state index is 12.5. The number of hydrogen-bond donors (Lipinski definition) is 1. The van der Waals surface area contributed by atoms with Crippen molar-refractivity contribution in [3.05, 3.63) is 47.2 Å². The Kier molecular flexibility index (Phi) is 4.38. The maximum absolute atomic E-state index is 12.5. The summed E-state index contributed by atoms with van der Waals surface area (Å²) in [6.07, 6.45) is 0.365. The van der Waals surface area contributed by atoms with Crippen molar-refractivity contribution >= 4 is 17.6 Å². The average Bonchev–Trinajstić information content (AvgIpc) is 2.93. The summed E-state index contributed by atoms with van der Waals surface area (Å²) in [5.74, 6) is 0.485. The number of carbonyl (C=O) groups excluding carboxylic acids is 2. The summed E-state index contributed by atoms with van der Waals surface area (Å²) in [5.41, 5.74) is 3.06. The van der Waals surface area contributed by atoms with Crippen molar-refractivity contribution < 1.29 is 9.59 Å². The van der Waals surface area contributed by atoms with Gasteiger partial charge in [0.25, 0.3) is 0 Å². The average molecular weight is 326 g/mol. The van der Waals surface area contributed by atoms with Gasteiger partial charge in [0.05, 0.1) is 12.2 Å². The van der Waals surface area contributed by atoms with Crippen LogP contribution in [0.1, 0.15) is 30.2 Å². The van der Waals surface area contributed by atoms with Gasteiger partial charge in [-0.1, -0.05) is 29.8 Å². The van der Waals surface area contributed by atoms with Crippen molar-refractivity contribution in [1.29, 1.82) is 0 Å². The Morgan fingerprint density at radius 3 is 2.71 bits per heavy atom. The molecule has 0 bridgehead atoms. The van der Waals surface area contributed by atoms with Gasteiger partial charge in [0.2, 0.25) is 11.8 Å². The minimum atomic E-state index is -0.571. The molecule has 3 rings (SSSR count). The normalized spacial score (nSPS) is 15.1. The Hall–Kier alpha value is -2.63. The predicted molar refractivity (Wildman–Crippen MR) is 91.6 cm³/mol. The molecule has 0 saturated heterocycles. The molecule has 2 aromatic rings. The Bertz CT molecular complexity index is 764. The summed E-state index contributed by atoms with van der Waals surface area (Å²) >= 11 is 0. The molecule has 126 valence electrons. The van der Waals surface area contributed by atoms with Gasteiger partial charge in [0.15, 0.2) is 0 Å². The Labute approximate surface area is 141 Å². The van der Waals surface area contributed by atoms with E-state index >= 15 is 0 Å². The number of aromatic nitrogens is 2. The second-order valence-electron chi connectivity index (χ2n) is 6.26. The molecule has 6 heteroatoms. The first-order valence-corrected chi connectivity index (χ1v) is 8.15. The molecular weight excluding hydrogens is 304 g/mol. The molecule has 1 aromatic carbocycles. The molecule has 2 heterocycles. The zero-order valence-electron chi connectivity index (χ0n) is 14.2. The van der Waals surface area contributed by atoms with E-state index in [9.17, 15) is 9.59 Å². The molecule has 1 aliphatic heterocycles. The molecule has 6 nitrogen and oxygen atoms in total. The largest absolute Gasteiger partial charge is 0.350 e. The zero-order valence-corrected chi connectivity index (χ0v) is 14.2. The maximum Gasteiger partial charge on any atom is 0.243 e. The van der Waals surface area contributed by atoms with Crippen molar-refractivity contribution in [2.24, 2.45) is 0 Å². The molecule has 0 saturated carbocycles. The van der Waals surface area contributed by atoms with Gasteiger partial charge in [0.1, 0.15) is 11.9 Å². The second-order valence-corrected chi connectivity index (χ2v) is 6.26.